The number of amides is 1. The number of carbonyl (C=O) groups excluding carboxylic acids is 1. The second-order valence-corrected chi connectivity index (χ2v) is 8.88. The van der Waals surface area contributed by atoms with Crippen molar-refractivity contribution in [1.29, 1.82) is 0 Å². The number of anilines is 1. The van der Waals surface area contributed by atoms with E-state index in [0.29, 0.717) is 28.7 Å². The van der Waals surface area contributed by atoms with E-state index in [1.54, 1.807) is 37.3 Å². The molecule has 0 spiro atoms. The van der Waals surface area contributed by atoms with Gasteiger partial charge in [-0.15, -0.1) is 11.8 Å². The van der Waals surface area contributed by atoms with E-state index in [1.165, 1.54) is 35.2 Å². The Morgan fingerprint density at radius 1 is 1.00 bits per heavy atom. The first-order chi connectivity index (χ1) is 15.6. The van der Waals surface area contributed by atoms with Gasteiger partial charge in [-0.25, -0.2) is 9.37 Å². The van der Waals surface area contributed by atoms with Crippen LogP contribution in [0, 0.1) is 5.82 Å². The highest BCUT2D eigenvalue weighted by atomic mass is 32.2. The standard InChI is InChI=1S/C24H21FN2O3S2/c1-29-19-12-13-20(30-2)23-22(19)26-24(32-23)27(14-16-6-4-3-5-7-16)21(28)15-31-18-10-8-17(25)9-11-18/h3-13H,14-15H2,1-2H3. The summed E-state index contributed by atoms with van der Waals surface area (Å²) in [6.45, 7) is 0.383. The molecule has 4 rings (SSSR count). The van der Waals surface area contributed by atoms with Crippen molar-refractivity contribution in [3.8, 4) is 11.5 Å². The van der Waals surface area contributed by atoms with E-state index in [1.807, 2.05) is 36.4 Å². The average Bonchev–Trinajstić information content (AvgIpc) is 3.27. The Kier molecular flexibility index (Phi) is 6.92. The Bertz CT molecular complexity index is 1170. The van der Waals surface area contributed by atoms with Crippen LogP contribution in [0.3, 0.4) is 0 Å². The fourth-order valence-corrected chi connectivity index (χ4v) is 5.04. The third kappa shape index (κ3) is 4.87. The number of fused-ring (bicyclic) bond motifs is 1. The SMILES string of the molecule is COc1ccc(OC)c2sc(N(Cc3ccccc3)C(=O)CSc3ccc(F)cc3)nc12. The summed E-state index contributed by atoms with van der Waals surface area (Å²) in [5.41, 5.74) is 1.65. The number of carbonyl (C=O) groups is 1. The molecule has 5 nitrogen and oxygen atoms in total. The summed E-state index contributed by atoms with van der Waals surface area (Å²) in [6.07, 6.45) is 0. The lowest BCUT2D eigenvalue weighted by Crippen LogP contribution is -2.31. The molecule has 32 heavy (non-hydrogen) atoms. The fourth-order valence-electron chi connectivity index (χ4n) is 3.17. The molecule has 1 amide bonds. The van der Waals surface area contributed by atoms with Gasteiger partial charge in [-0.3, -0.25) is 9.69 Å². The first-order valence-corrected chi connectivity index (χ1v) is 11.6. The number of halogens is 1. The maximum atomic E-state index is 13.3. The molecular formula is C24H21FN2O3S2. The Morgan fingerprint density at radius 2 is 1.69 bits per heavy atom. The summed E-state index contributed by atoms with van der Waals surface area (Å²) >= 11 is 2.75. The third-order valence-corrected chi connectivity index (χ3v) is 6.88. The summed E-state index contributed by atoms with van der Waals surface area (Å²) < 4.78 is 25.0. The van der Waals surface area contributed by atoms with E-state index in [4.69, 9.17) is 14.5 Å². The van der Waals surface area contributed by atoms with Gasteiger partial charge in [0.15, 0.2) is 5.13 Å². The van der Waals surface area contributed by atoms with E-state index in [2.05, 4.69) is 0 Å². The molecule has 0 aliphatic rings. The van der Waals surface area contributed by atoms with Crippen LogP contribution in [-0.4, -0.2) is 30.9 Å². The van der Waals surface area contributed by atoms with Crippen LogP contribution < -0.4 is 14.4 Å². The van der Waals surface area contributed by atoms with Gasteiger partial charge in [0.25, 0.3) is 0 Å². The van der Waals surface area contributed by atoms with Crippen LogP contribution in [0.4, 0.5) is 9.52 Å². The molecule has 164 valence electrons. The molecule has 0 aliphatic heterocycles. The average molecular weight is 469 g/mol. The molecular weight excluding hydrogens is 447 g/mol. The number of ether oxygens (including phenoxy) is 2. The zero-order chi connectivity index (χ0) is 22.5. The molecule has 0 atom stereocenters. The minimum absolute atomic E-state index is 0.0971. The van der Waals surface area contributed by atoms with Crippen LogP contribution in [-0.2, 0) is 11.3 Å². The predicted molar refractivity (Wildman–Crippen MR) is 127 cm³/mol. The van der Waals surface area contributed by atoms with Crippen LogP contribution in [0.1, 0.15) is 5.56 Å². The molecule has 0 radical (unpaired) electrons. The van der Waals surface area contributed by atoms with Gasteiger partial charge >= 0.3 is 0 Å². The van der Waals surface area contributed by atoms with Gasteiger partial charge in [0.05, 0.1) is 26.5 Å². The monoisotopic (exact) mass is 468 g/mol. The van der Waals surface area contributed by atoms with Gasteiger partial charge in [-0.1, -0.05) is 41.7 Å². The first-order valence-electron chi connectivity index (χ1n) is 9.83. The lowest BCUT2D eigenvalue weighted by molar-refractivity contribution is -0.116. The third-order valence-electron chi connectivity index (χ3n) is 4.79. The lowest BCUT2D eigenvalue weighted by atomic mass is 10.2. The van der Waals surface area contributed by atoms with Crippen molar-refractivity contribution in [2.45, 2.75) is 11.4 Å². The van der Waals surface area contributed by atoms with Crippen LogP contribution >= 0.6 is 23.1 Å². The summed E-state index contributed by atoms with van der Waals surface area (Å²) in [5, 5.41) is 0.566. The number of hydrogen-bond donors (Lipinski definition) is 0. The second kappa shape index (κ2) is 10.0. The van der Waals surface area contributed by atoms with Crippen molar-refractivity contribution in [2.24, 2.45) is 0 Å². The van der Waals surface area contributed by atoms with Crippen molar-refractivity contribution < 1.29 is 18.7 Å². The number of aromatic nitrogens is 1. The number of thioether (sulfide) groups is 1. The first kappa shape index (κ1) is 22.1. The molecule has 0 bridgehead atoms. The van der Waals surface area contributed by atoms with Crippen molar-refractivity contribution in [3.63, 3.8) is 0 Å². The molecule has 3 aromatic carbocycles. The molecule has 8 heteroatoms. The van der Waals surface area contributed by atoms with Gasteiger partial charge in [0.1, 0.15) is 27.5 Å². The largest absolute Gasteiger partial charge is 0.495 e. The number of nitrogens with zero attached hydrogens (tertiary/aromatic N) is 2. The number of hydrogen-bond acceptors (Lipinski definition) is 6. The minimum atomic E-state index is -0.302. The normalized spacial score (nSPS) is 10.8. The van der Waals surface area contributed by atoms with Crippen molar-refractivity contribution in [1.82, 2.24) is 4.98 Å². The number of methoxy groups -OCH3 is 2. The molecule has 0 N–H and O–H groups in total. The topological polar surface area (TPSA) is 51.7 Å². The summed E-state index contributed by atoms with van der Waals surface area (Å²) in [6, 6.07) is 19.5. The molecule has 0 saturated heterocycles. The number of rotatable bonds is 8. The lowest BCUT2D eigenvalue weighted by Gasteiger charge is -2.20. The Balaban J connectivity index is 1.67. The molecule has 0 unspecified atom stereocenters. The molecule has 0 aliphatic carbocycles. The summed E-state index contributed by atoms with van der Waals surface area (Å²) in [5.74, 6) is 1.10. The zero-order valence-electron chi connectivity index (χ0n) is 17.6. The van der Waals surface area contributed by atoms with E-state index in [-0.39, 0.29) is 17.5 Å². The molecule has 4 aromatic rings. The molecule has 0 saturated carbocycles. The summed E-state index contributed by atoms with van der Waals surface area (Å²) in [7, 11) is 3.19. The smallest absolute Gasteiger partial charge is 0.239 e. The van der Waals surface area contributed by atoms with E-state index in [0.717, 1.165) is 15.2 Å². The van der Waals surface area contributed by atoms with Gasteiger partial charge < -0.3 is 9.47 Å². The Hall–Kier alpha value is -3.10. The van der Waals surface area contributed by atoms with E-state index >= 15 is 0 Å². The Labute approximate surface area is 193 Å². The maximum Gasteiger partial charge on any atom is 0.239 e. The van der Waals surface area contributed by atoms with Crippen LogP contribution in [0.15, 0.2) is 71.6 Å². The molecule has 1 aromatic heterocycles. The maximum absolute atomic E-state index is 13.3. The van der Waals surface area contributed by atoms with Crippen molar-refractivity contribution >= 4 is 44.4 Å². The Morgan fingerprint density at radius 3 is 2.38 bits per heavy atom. The second-order valence-electron chi connectivity index (χ2n) is 6.85. The fraction of sp³-hybridized carbons (Fsp3) is 0.167. The van der Waals surface area contributed by atoms with Gasteiger partial charge in [-0.2, -0.15) is 0 Å². The highest BCUT2D eigenvalue weighted by molar-refractivity contribution is 8.00. The van der Waals surface area contributed by atoms with Crippen molar-refractivity contribution in [2.75, 3.05) is 24.9 Å². The quantitative estimate of drug-likeness (QED) is 0.307. The number of benzene rings is 3. The van der Waals surface area contributed by atoms with Gasteiger partial charge in [-0.05, 0) is 42.0 Å². The van der Waals surface area contributed by atoms with E-state index < -0.39 is 0 Å². The van der Waals surface area contributed by atoms with Crippen molar-refractivity contribution in [3.05, 3.63) is 78.1 Å². The van der Waals surface area contributed by atoms with Gasteiger partial charge in [0, 0.05) is 4.90 Å². The molecule has 1 heterocycles. The predicted octanol–water partition coefficient (Wildman–Crippen LogP) is 5.78. The van der Waals surface area contributed by atoms with E-state index in [9.17, 15) is 9.18 Å². The van der Waals surface area contributed by atoms with Crippen LogP contribution in [0.25, 0.3) is 10.2 Å². The van der Waals surface area contributed by atoms with Crippen LogP contribution in [0.5, 0.6) is 11.5 Å². The highest BCUT2D eigenvalue weighted by Gasteiger charge is 2.23. The number of thiazole rings is 1. The molecule has 0 fully saturated rings. The zero-order valence-corrected chi connectivity index (χ0v) is 19.2. The van der Waals surface area contributed by atoms with Crippen LogP contribution in [0.2, 0.25) is 0 Å². The highest BCUT2D eigenvalue weighted by Crippen LogP contribution is 2.40. The van der Waals surface area contributed by atoms with Gasteiger partial charge in [0.2, 0.25) is 5.91 Å². The minimum Gasteiger partial charge on any atom is -0.495 e. The summed E-state index contributed by atoms with van der Waals surface area (Å²) in [4.78, 5) is 20.5.